The summed E-state index contributed by atoms with van der Waals surface area (Å²) in [7, 11) is 3.09. The average molecular weight is 221 g/mol. The molecule has 6 heteroatoms. The summed E-state index contributed by atoms with van der Waals surface area (Å²) in [4.78, 5) is 0. The number of anilines is 1. The molecule has 0 fully saturated rings. The van der Waals surface area contributed by atoms with E-state index in [1.807, 2.05) is 0 Å². The van der Waals surface area contributed by atoms with Crippen molar-refractivity contribution in [3.05, 3.63) is 18.5 Å². The maximum Gasteiger partial charge on any atom is 0.249 e. The molecular formula is C10H11N3O3. The molecule has 2 N–H and O–H groups in total. The Morgan fingerprint density at radius 1 is 1.19 bits per heavy atom. The Balaban J connectivity index is 2.55. The van der Waals surface area contributed by atoms with Crippen molar-refractivity contribution < 1.29 is 13.9 Å². The first-order chi connectivity index (χ1) is 7.76. The van der Waals surface area contributed by atoms with E-state index in [1.165, 1.54) is 6.39 Å². The first-order valence-corrected chi connectivity index (χ1v) is 4.54. The van der Waals surface area contributed by atoms with Gasteiger partial charge >= 0.3 is 0 Å². The van der Waals surface area contributed by atoms with Gasteiger partial charge in [-0.1, -0.05) is 0 Å². The molecule has 2 aromatic rings. The topological polar surface area (TPSA) is 83.4 Å². The highest BCUT2D eigenvalue weighted by atomic mass is 16.5. The number of hydrogen-bond acceptors (Lipinski definition) is 6. The summed E-state index contributed by atoms with van der Waals surface area (Å²) >= 11 is 0. The second kappa shape index (κ2) is 4.09. The molecule has 0 bridgehead atoms. The van der Waals surface area contributed by atoms with E-state index in [0.29, 0.717) is 28.6 Å². The van der Waals surface area contributed by atoms with Gasteiger partial charge < -0.3 is 19.6 Å². The van der Waals surface area contributed by atoms with Gasteiger partial charge in [-0.25, -0.2) is 0 Å². The fourth-order valence-corrected chi connectivity index (χ4v) is 1.37. The molecular weight excluding hydrogens is 210 g/mol. The number of methoxy groups -OCH3 is 2. The molecule has 0 amide bonds. The molecule has 6 nitrogen and oxygen atoms in total. The molecule has 0 atom stereocenters. The summed E-state index contributed by atoms with van der Waals surface area (Å²) in [5.74, 6) is 1.46. The van der Waals surface area contributed by atoms with Gasteiger partial charge in [-0.05, 0) is 6.07 Å². The number of nitrogens with two attached hydrogens (primary N) is 1. The van der Waals surface area contributed by atoms with E-state index >= 15 is 0 Å². The zero-order valence-electron chi connectivity index (χ0n) is 8.93. The third-order valence-electron chi connectivity index (χ3n) is 2.15. The summed E-state index contributed by atoms with van der Waals surface area (Å²) in [6.07, 6.45) is 1.24. The van der Waals surface area contributed by atoms with Crippen molar-refractivity contribution in [2.75, 3.05) is 20.0 Å². The molecule has 1 heterocycles. The molecule has 0 aliphatic carbocycles. The zero-order chi connectivity index (χ0) is 11.5. The van der Waals surface area contributed by atoms with Crippen molar-refractivity contribution in [1.82, 2.24) is 10.2 Å². The van der Waals surface area contributed by atoms with E-state index in [1.54, 1.807) is 26.4 Å². The standard InChI is InChI=1S/C10H11N3O3/c1-14-8-3-6(10-13-12-5-16-10)7(11)4-9(8)15-2/h3-5H,11H2,1-2H3. The molecule has 2 rings (SSSR count). The molecule has 1 aromatic carbocycles. The van der Waals surface area contributed by atoms with Crippen LogP contribution in [0.15, 0.2) is 22.9 Å². The van der Waals surface area contributed by atoms with Crippen LogP contribution in [0, 0.1) is 0 Å². The average Bonchev–Trinajstić information content (AvgIpc) is 2.82. The van der Waals surface area contributed by atoms with Crippen molar-refractivity contribution in [3.8, 4) is 23.0 Å². The van der Waals surface area contributed by atoms with Crippen LogP contribution >= 0.6 is 0 Å². The lowest BCUT2D eigenvalue weighted by Crippen LogP contribution is -1.96. The second-order valence-corrected chi connectivity index (χ2v) is 3.04. The molecule has 0 radical (unpaired) electrons. The Morgan fingerprint density at radius 2 is 1.88 bits per heavy atom. The number of nitrogen functional groups attached to an aromatic ring is 1. The van der Waals surface area contributed by atoms with Gasteiger partial charge in [-0.2, -0.15) is 0 Å². The third-order valence-corrected chi connectivity index (χ3v) is 2.15. The van der Waals surface area contributed by atoms with Crippen LogP contribution in [0.1, 0.15) is 0 Å². The maximum atomic E-state index is 5.85. The molecule has 0 saturated heterocycles. The van der Waals surface area contributed by atoms with Gasteiger partial charge in [0.1, 0.15) is 0 Å². The number of hydrogen-bond donors (Lipinski definition) is 1. The van der Waals surface area contributed by atoms with E-state index in [0.717, 1.165) is 0 Å². The SMILES string of the molecule is COc1cc(N)c(-c2nnco2)cc1OC. The number of ether oxygens (including phenoxy) is 2. The van der Waals surface area contributed by atoms with Crippen molar-refractivity contribution in [3.63, 3.8) is 0 Å². The van der Waals surface area contributed by atoms with Crippen LogP contribution in [0.4, 0.5) is 5.69 Å². The highest BCUT2D eigenvalue weighted by Gasteiger charge is 2.13. The van der Waals surface area contributed by atoms with Crippen LogP contribution in [0.3, 0.4) is 0 Å². The fraction of sp³-hybridized carbons (Fsp3) is 0.200. The first-order valence-electron chi connectivity index (χ1n) is 4.54. The highest BCUT2D eigenvalue weighted by molar-refractivity contribution is 5.74. The van der Waals surface area contributed by atoms with Crippen molar-refractivity contribution >= 4 is 5.69 Å². The quantitative estimate of drug-likeness (QED) is 0.787. The fourth-order valence-electron chi connectivity index (χ4n) is 1.37. The molecule has 0 saturated carbocycles. The van der Waals surface area contributed by atoms with E-state index in [2.05, 4.69) is 10.2 Å². The van der Waals surface area contributed by atoms with Gasteiger partial charge in [-0.3, -0.25) is 0 Å². The van der Waals surface area contributed by atoms with Crippen molar-refractivity contribution in [2.24, 2.45) is 0 Å². The van der Waals surface area contributed by atoms with Crippen LogP contribution in [0.2, 0.25) is 0 Å². The monoisotopic (exact) mass is 221 g/mol. The highest BCUT2D eigenvalue weighted by Crippen LogP contribution is 2.36. The summed E-state index contributed by atoms with van der Waals surface area (Å²) in [6, 6.07) is 3.35. The molecule has 84 valence electrons. The molecule has 1 aromatic heterocycles. The molecule has 0 spiro atoms. The van der Waals surface area contributed by atoms with Crippen LogP contribution in [-0.2, 0) is 0 Å². The van der Waals surface area contributed by atoms with E-state index < -0.39 is 0 Å². The third kappa shape index (κ3) is 1.65. The van der Waals surface area contributed by atoms with Crippen LogP contribution in [0.5, 0.6) is 11.5 Å². The Hall–Kier alpha value is -2.24. The summed E-state index contributed by atoms with van der Waals surface area (Å²) in [5, 5.41) is 7.38. The Bertz CT molecular complexity index is 482. The predicted molar refractivity (Wildman–Crippen MR) is 57.3 cm³/mol. The molecule has 0 aliphatic heterocycles. The summed E-state index contributed by atoms with van der Waals surface area (Å²) in [6.45, 7) is 0. The Morgan fingerprint density at radius 3 is 2.44 bits per heavy atom. The van der Waals surface area contributed by atoms with Crippen LogP contribution in [-0.4, -0.2) is 24.4 Å². The van der Waals surface area contributed by atoms with Crippen molar-refractivity contribution in [1.29, 1.82) is 0 Å². The maximum absolute atomic E-state index is 5.85. The smallest absolute Gasteiger partial charge is 0.249 e. The lowest BCUT2D eigenvalue weighted by molar-refractivity contribution is 0.355. The van der Waals surface area contributed by atoms with Gasteiger partial charge in [0.2, 0.25) is 12.3 Å². The molecule has 0 aliphatic rings. The van der Waals surface area contributed by atoms with Crippen LogP contribution in [0.25, 0.3) is 11.5 Å². The minimum Gasteiger partial charge on any atom is -0.493 e. The predicted octanol–water partition coefficient (Wildman–Crippen LogP) is 1.34. The number of aromatic nitrogens is 2. The largest absolute Gasteiger partial charge is 0.493 e. The number of nitrogens with zero attached hydrogens (tertiary/aromatic N) is 2. The molecule has 0 unspecified atom stereocenters. The summed E-state index contributed by atoms with van der Waals surface area (Å²) in [5.41, 5.74) is 6.96. The van der Waals surface area contributed by atoms with Crippen LogP contribution < -0.4 is 15.2 Å². The van der Waals surface area contributed by atoms with Gasteiger partial charge in [-0.15, -0.1) is 10.2 Å². The minimum atomic E-state index is 0.346. The second-order valence-electron chi connectivity index (χ2n) is 3.04. The first kappa shape index (κ1) is 10.3. The Labute approximate surface area is 92.0 Å². The normalized spacial score (nSPS) is 10.1. The van der Waals surface area contributed by atoms with E-state index in [-0.39, 0.29) is 0 Å². The summed E-state index contributed by atoms with van der Waals surface area (Å²) < 4.78 is 15.4. The molecule has 16 heavy (non-hydrogen) atoms. The number of rotatable bonds is 3. The number of benzene rings is 1. The van der Waals surface area contributed by atoms with E-state index in [4.69, 9.17) is 19.6 Å². The lowest BCUT2D eigenvalue weighted by Gasteiger charge is -2.10. The Kier molecular flexibility index (Phi) is 2.63. The van der Waals surface area contributed by atoms with Gasteiger partial charge in [0, 0.05) is 11.8 Å². The van der Waals surface area contributed by atoms with Crippen molar-refractivity contribution in [2.45, 2.75) is 0 Å². The lowest BCUT2D eigenvalue weighted by atomic mass is 10.1. The van der Waals surface area contributed by atoms with Gasteiger partial charge in [0.05, 0.1) is 19.8 Å². The zero-order valence-corrected chi connectivity index (χ0v) is 8.93. The van der Waals surface area contributed by atoms with Gasteiger partial charge in [0.25, 0.3) is 0 Å². The minimum absolute atomic E-state index is 0.346. The van der Waals surface area contributed by atoms with Gasteiger partial charge in [0.15, 0.2) is 11.5 Å². The van der Waals surface area contributed by atoms with E-state index in [9.17, 15) is 0 Å².